The zero-order chi connectivity index (χ0) is 9.68. The van der Waals surface area contributed by atoms with Gasteiger partial charge in [0.1, 0.15) is 0 Å². The van der Waals surface area contributed by atoms with Gasteiger partial charge in [-0.3, -0.25) is 4.99 Å². The molecule has 1 N–H and O–H groups in total. The van der Waals surface area contributed by atoms with E-state index in [1.807, 2.05) is 6.92 Å². The molecule has 0 atom stereocenters. The first kappa shape index (κ1) is 9.78. The molecule has 2 nitrogen and oxygen atoms in total. The molecule has 0 amide bonds. The van der Waals surface area contributed by atoms with Crippen LogP contribution in [0.3, 0.4) is 0 Å². The summed E-state index contributed by atoms with van der Waals surface area (Å²) < 4.78 is 0. The highest BCUT2D eigenvalue weighted by molar-refractivity contribution is 5.79. The van der Waals surface area contributed by atoms with E-state index >= 15 is 0 Å². The normalized spacial score (nSPS) is 11.5. The molecule has 0 spiro atoms. The lowest BCUT2D eigenvalue weighted by Gasteiger charge is -2.04. The lowest BCUT2D eigenvalue weighted by molar-refractivity contribution is 0.905. The molecule has 0 aliphatic carbocycles. The molecule has 13 heavy (non-hydrogen) atoms. The Bertz CT molecular complexity index is 285. The van der Waals surface area contributed by atoms with Crippen molar-refractivity contribution in [1.29, 1.82) is 0 Å². The van der Waals surface area contributed by atoms with Gasteiger partial charge in [-0.2, -0.15) is 0 Å². The number of nitrogens with zero attached hydrogens (tertiary/aromatic N) is 1. The Morgan fingerprint density at radius 2 is 1.92 bits per heavy atom. The topological polar surface area (TPSA) is 24.4 Å². The molecule has 0 heterocycles. The average molecular weight is 176 g/mol. The smallest absolute Gasteiger partial charge is 0.0930 e. The largest absolute Gasteiger partial charge is 0.370 e. The molecule has 0 unspecified atom stereocenters. The molecule has 0 bridgehead atoms. The first-order valence-corrected chi connectivity index (χ1v) is 4.45. The van der Waals surface area contributed by atoms with Crippen molar-refractivity contribution < 1.29 is 0 Å². The number of hydrogen-bond acceptors (Lipinski definition) is 1. The summed E-state index contributed by atoms with van der Waals surface area (Å²) in [6.45, 7) is 4.91. The van der Waals surface area contributed by atoms with Crippen molar-refractivity contribution in [2.24, 2.45) is 4.99 Å². The maximum Gasteiger partial charge on any atom is 0.0930 e. The summed E-state index contributed by atoms with van der Waals surface area (Å²) in [7, 11) is 1.79. The molecule has 1 rings (SSSR count). The number of amidine groups is 1. The Labute approximate surface area is 79.7 Å². The van der Waals surface area contributed by atoms with Gasteiger partial charge in [0.25, 0.3) is 0 Å². The van der Waals surface area contributed by atoms with Crippen LogP contribution < -0.4 is 5.32 Å². The Hall–Kier alpha value is -1.31. The number of aliphatic imine (C=N–C) groups is 1. The number of aryl methyl sites for hydroxylation is 1. The first-order chi connectivity index (χ1) is 6.22. The van der Waals surface area contributed by atoms with Crippen LogP contribution in [0.2, 0.25) is 0 Å². The number of rotatable bonds is 2. The molecule has 1 aromatic rings. The zero-order valence-corrected chi connectivity index (χ0v) is 8.46. The van der Waals surface area contributed by atoms with Crippen molar-refractivity contribution >= 4 is 5.84 Å². The van der Waals surface area contributed by atoms with Crippen molar-refractivity contribution in [3.05, 3.63) is 35.4 Å². The van der Waals surface area contributed by atoms with Gasteiger partial charge in [-0.15, -0.1) is 0 Å². The van der Waals surface area contributed by atoms with Gasteiger partial charge in [-0.1, -0.05) is 29.8 Å². The fourth-order valence-electron chi connectivity index (χ4n) is 1.01. The van der Waals surface area contributed by atoms with Crippen LogP contribution in [0.5, 0.6) is 0 Å². The Morgan fingerprint density at radius 3 is 2.46 bits per heavy atom. The van der Waals surface area contributed by atoms with Gasteiger partial charge in [0.2, 0.25) is 0 Å². The minimum Gasteiger partial charge on any atom is -0.370 e. The Balaban J connectivity index is 2.51. The van der Waals surface area contributed by atoms with Gasteiger partial charge in [-0.05, 0) is 19.4 Å². The Kier molecular flexibility index (Phi) is 3.50. The third-order valence-corrected chi connectivity index (χ3v) is 2.00. The lowest BCUT2D eigenvalue weighted by atomic mass is 10.1. The van der Waals surface area contributed by atoms with E-state index in [2.05, 4.69) is 41.5 Å². The molecule has 0 aliphatic rings. The van der Waals surface area contributed by atoms with Gasteiger partial charge in [0.15, 0.2) is 0 Å². The van der Waals surface area contributed by atoms with Crippen molar-refractivity contribution in [2.45, 2.75) is 20.4 Å². The molecule has 0 saturated carbocycles. The van der Waals surface area contributed by atoms with Crippen LogP contribution in [0.1, 0.15) is 18.1 Å². The quantitative estimate of drug-likeness (QED) is 0.542. The Morgan fingerprint density at radius 1 is 1.31 bits per heavy atom. The molecule has 70 valence electrons. The molecule has 0 radical (unpaired) electrons. The van der Waals surface area contributed by atoms with Crippen molar-refractivity contribution in [3.8, 4) is 0 Å². The van der Waals surface area contributed by atoms with Crippen LogP contribution in [-0.2, 0) is 6.54 Å². The van der Waals surface area contributed by atoms with Gasteiger partial charge < -0.3 is 5.32 Å². The standard InChI is InChI=1S/C11H16N2/c1-9-4-6-11(7-5-9)8-13-10(2)12-3/h4-7H,8H2,1-3H3,(H,12,13). The summed E-state index contributed by atoms with van der Waals surface area (Å²) in [6.07, 6.45) is 0. The van der Waals surface area contributed by atoms with E-state index in [4.69, 9.17) is 0 Å². The van der Waals surface area contributed by atoms with E-state index in [1.165, 1.54) is 11.1 Å². The third-order valence-electron chi connectivity index (χ3n) is 2.00. The van der Waals surface area contributed by atoms with Crippen LogP contribution in [0.15, 0.2) is 29.3 Å². The van der Waals surface area contributed by atoms with Gasteiger partial charge in [-0.25, -0.2) is 0 Å². The van der Waals surface area contributed by atoms with Crippen LogP contribution in [0.25, 0.3) is 0 Å². The van der Waals surface area contributed by atoms with Crippen molar-refractivity contribution in [3.63, 3.8) is 0 Å². The van der Waals surface area contributed by atoms with E-state index in [1.54, 1.807) is 7.05 Å². The maximum atomic E-state index is 4.03. The zero-order valence-electron chi connectivity index (χ0n) is 8.46. The second-order valence-electron chi connectivity index (χ2n) is 3.15. The van der Waals surface area contributed by atoms with E-state index in [9.17, 15) is 0 Å². The third kappa shape index (κ3) is 3.28. The molecule has 0 saturated heterocycles. The highest BCUT2D eigenvalue weighted by atomic mass is 15.0. The second kappa shape index (κ2) is 4.65. The van der Waals surface area contributed by atoms with Crippen molar-refractivity contribution in [2.75, 3.05) is 7.05 Å². The highest BCUT2D eigenvalue weighted by Gasteiger charge is 1.91. The minimum atomic E-state index is 0.851. The SMILES string of the molecule is CN=C(C)NCc1ccc(C)cc1. The molecule has 2 heteroatoms. The number of hydrogen-bond donors (Lipinski definition) is 1. The number of benzene rings is 1. The first-order valence-electron chi connectivity index (χ1n) is 4.45. The van der Waals surface area contributed by atoms with Crippen LogP contribution >= 0.6 is 0 Å². The number of nitrogens with one attached hydrogen (secondary N) is 1. The van der Waals surface area contributed by atoms with Gasteiger partial charge >= 0.3 is 0 Å². The molecule has 1 aromatic carbocycles. The maximum absolute atomic E-state index is 4.03. The fraction of sp³-hybridized carbons (Fsp3) is 0.364. The van der Waals surface area contributed by atoms with Crippen LogP contribution in [-0.4, -0.2) is 12.9 Å². The average Bonchev–Trinajstić information content (AvgIpc) is 2.16. The predicted octanol–water partition coefficient (Wildman–Crippen LogP) is 2.13. The van der Waals surface area contributed by atoms with Gasteiger partial charge in [0.05, 0.1) is 5.84 Å². The monoisotopic (exact) mass is 176 g/mol. The minimum absolute atomic E-state index is 0.851. The van der Waals surface area contributed by atoms with Crippen LogP contribution in [0.4, 0.5) is 0 Å². The molecule has 0 aromatic heterocycles. The molecular weight excluding hydrogens is 160 g/mol. The summed E-state index contributed by atoms with van der Waals surface area (Å²) in [4.78, 5) is 4.03. The van der Waals surface area contributed by atoms with Crippen molar-refractivity contribution in [1.82, 2.24) is 5.32 Å². The summed E-state index contributed by atoms with van der Waals surface area (Å²) >= 11 is 0. The fourth-order valence-corrected chi connectivity index (χ4v) is 1.01. The lowest BCUT2D eigenvalue weighted by Crippen LogP contribution is -2.19. The summed E-state index contributed by atoms with van der Waals surface area (Å²) in [6, 6.07) is 8.50. The summed E-state index contributed by atoms with van der Waals surface area (Å²) in [5.41, 5.74) is 2.58. The molecular formula is C11H16N2. The van der Waals surface area contributed by atoms with E-state index in [0.29, 0.717) is 0 Å². The second-order valence-corrected chi connectivity index (χ2v) is 3.15. The molecule has 0 fully saturated rings. The van der Waals surface area contributed by atoms with Gasteiger partial charge in [0, 0.05) is 13.6 Å². The highest BCUT2D eigenvalue weighted by Crippen LogP contribution is 2.02. The van der Waals surface area contributed by atoms with E-state index < -0.39 is 0 Å². The summed E-state index contributed by atoms with van der Waals surface area (Å²) in [5.74, 6) is 0.973. The summed E-state index contributed by atoms with van der Waals surface area (Å²) in [5, 5.41) is 3.22. The van der Waals surface area contributed by atoms with E-state index in [-0.39, 0.29) is 0 Å². The molecule has 0 aliphatic heterocycles. The predicted molar refractivity (Wildman–Crippen MR) is 57.1 cm³/mol. The van der Waals surface area contributed by atoms with E-state index in [0.717, 1.165) is 12.4 Å². The van der Waals surface area contributed by atoms with Crippen LogP contribution in [0, 0.1) is 6.92 Å².